The summed E-state index contributed by atoms with van der Waals surface area (Å²) >= 11 is 0. The number of aliphatic hydroxyl groups excluding tert-OH is 1. The van der Waals surface area contributed by atoms with Crippen LogP contribution >= 0.6 is 0 Å². The number of amides is 1. The van der Waals surface area contributed by atoms with Crippen LogP contribution in [0.15, 0.2) is 18.2 Å². The first-order valence-electron chi connectivity index (χ1n) is 6.00. The number of carboxylic acid groups (broad SMARTS) is 2. The van der Waals surface area contributed by atoms with Crippen molar-refractivity contribution in [2.45, 2.75) is 25.5 Å². The van der Waals surface area contributed by atoms with Crippen molar-refractivity contribution < 1.29 is 34.1 Å². The summed E-state index contributed by atoms with van der Waals surface area (Å²) < 4.78 is 13.1. The van der Waals surface area contributed by atoms with Crippen LogP contribution in [0.3, 0.4) is 0 Å². The molecule has 114 valence electrons. The van der Waals surface area contributed by atoms with Crippen molar-refractivity contribution in [3.8, 4) is 0 Å². The molecule has 1 aromatic rings. The number of hydrogen-bond acceptors (Lipinski definition) is 4. The predicted octanol–water partition coefficient (Wildman–Crippen LogP) is 0.366. The molecular formula is C13H14FNO6. The van der Waals surface area contributed by atoms with Gasteiger partial charge in [-0.2, -0.15) is 0 Å². The number of carbonyl (C=O) groups excluding carboxylic acids is 1. The van der Waals surface area contributed by atoms with E-state index in [2.05, 4.69) is 5.32 Å². The zero-order chi connectivity index (χ0) is 16.0. The summed E-state index contributed by atoms with van der Waals surface area (Å²) in [6.45, 7) is -0.518. The summed E-state index contributed by atoms with van der Waals surface area (Å²) in [6, 6.07) is 1.72. The average Bonchev–Trinajstić information content (AvgIpc) is 2.42. The van der Waals surface area contributed by atoms with E-state index < -0.39 is 42.7 Å². The number of halogens is 1. The van der Waals surface area contributed by atoms with Crippen molar-refractivity contribution in [3.63, 3.8) is 0 Å². The van der Waals surface area contributed by atoms with Gasteiger partial charge in [-0.3, -0.25) is 9.59 Å². The zero-order valence-electron chi connectivity index (χ0n) is 10.9. The van der Waals surface area contributed by atoms with Crippen LogP contribution in [0.5, 0.6) is 0 Å². The van der Waals surface area contributed by atoms with E-state index in [9.17, 15) is 18.8 Å². The molecule has 1 atom stereocenters. The first-order valence-corrected chi connectivity index (χ1v) is 6.00. The SMILES string of the molecule is O=C(O)CCC(NC(=O)c1cc(F)ccc1CO)C(=O)O. The first kappa shape index (κ1) is 16.6. The highest BCUT2D eigenvalue weighted by molar-refractivity contribution is 5.97. The largest absolute Gasteiger partial charge is 0.481 e. The maximum Gasteiger partial charge on any atom is 0.326 e. The average molecular weight is 299 g/mol. The van der Waals surface area contributed by atoms with E-state index in [4.69, 9.17) is 15.3 Å². The Bertz CT molecular complexity index is 560. The number of benzene rings is 1. The van der Waals surface area contributed by atoms with Crippen molar-refractivity contribution in [2.24, 2.45) is 0 Å². The number of aliphatic carboxylic acids is 2. The Hall–Kier alpha value is -2.48. The van der Waals surface area contributed by atoms with Crippen LogP contribution in [0.4, 0.5) is 4.39 Å². The zero-order valence-corrected chi connectivity index (χ0v) is 10.9. The van der Waals surface area contributed by atoms with E-state index in [1.54, 1.807) is 0 Å². The molecule has 0 aliphatic carbocycles. The van der Waals surface area contributed by atoms with Gasteiger partial charge in [0, 0.05) is 12.0 Å². The summed E-state index contributed by atoms with van der Waals surface area (Å²) in [5, 5.41) is 28.6. The third-order valence-electron chi connectivity index (χ3n) is 2.74. The Labute approximate surface area is 119 Å². The van der Waals surface area contributed by atoms with Gasteiger partial charge < -0.3 is 20.6 Å². The van der Waals surface area contributed by atoms with Crippen LogP contribution in [0.2, 0.25) is 0 Å². The van der Waals surface area contributed by atoms with Crippen molar-refractivity contribution >= 4 is 17.8 Å². The summed E-state index contributed by atoms with van der Waals surface area (Å²) in [7, 11) is 0. The van der Waals surface area contributed by atoms with Crippen LogP contribution < -0.4 is 5.32 Å². The van der Waals surface area contributed by atoms with E-state index in [0.717, 1.165) is 12.1 Å². The van der Waals surface area contributed by atoms with E-state index in [0.29, 0.717) is 0 Å². The molecule has 0 spiro atoms. The molecule has 4 N–H and O–H groups in total. The summed E-state index contributed by atoms with van der Waals surface area (Å²) in [5.41, 5.74) is -0.0599. The number of rotatable bonds is 7. The van der Waals surface area contributed by atoms with Gasteiger partial charge >= 0.3 is 11.9 Å². The highest BCUT2D eigenvalue weighted by atomic mass is 19.1. The van der Waals surface area contributed by atoms with Crippen LogP contribution in [-0.4, -0.2) is 39.2 Å². The second-order valence-electron chi connectivity index (χ2n) is 4.26. The molecule has 0 saturated carbocycles. The minimum Gasteiger partial charge on any atom is -0.481 e. The molecule has 8 heteroatoms. The van der Waals surface area contributed by atoms with Gasteiger partial charge in [-0.15, -0.1) is 0 Å². The Morgan fingerprint density at radius 3 is 2.43 bits per heavy atom. The minimum atomic E-state index is -1.41. The van der Waals surface area contributed by atoms with E-state index in [1.165, 1.54) is 6.07 Å². The molecule has 21 heavy (non-hydrogen) atoms. The highest BCUT2D eigenvalue weighted by Crippen LogP contribution is 2.12. The second-order valence-corrected chi connectivity index (χ2v) is 4.26. The Morgan fingerprint density at radius 1 is 1.24 bits per heavy atom. The standard InChI is InChI=1S/C13H14FNO6/c14-8-2-1-7(6-16)9(5-8)12(19)15-10(13(20)21)3-4-11(17)18/h1-2,5,10,16H,3-4,6H2,(H,15,19)(H,17,18)(H,20,21). The molecule has 1 rings (SSSR count). The molecular weight excluding hydrogens is 285 g/mol. The van der Waals surface area contributed by atoms with E-state index in [-0.39, 0.29) is 17.5 Å². The smallest absolute Gasteiger partial charge is 0.326 e. The summed E-state index contributed by atoms with van der Waals surface area (Å²) in [5.74, 6) is -4.20. The number of hydrogen-bond donors (Lipinski definition) is 4. The fourth-order valence-corrected chi connectivity index (χ4v) is 1.66. The lowest BCUT2D eigenvalue weighted by Gasteiger charge is -2.15. The fraction of sp³-hybridized carbons (Fsp3) is 0.308. The van der Waals surface area contributed by atoms with Crippen molar-refractivity contribution in [2.75, 3.05) is 0 Å². The quantitative estimate of drug-likeness (QED) is 0.576. The normalized spacial score (nSPS) is 11.7. The maximum absolute atomic E-state index is 13.1. The van der Waals surface area contributed by atoms with Gasteiger partial charge in [0.1, 0.15) is 11.9 Å². The Balaban J connectivity index is 2.89. The fourth-order valence-electron chi connectivity index (χ4n) is 1.66. The molecule has 1 amide bonds. The van der Waals surface area contributed by atoms with Gasteiger partial charge in [0.2, 0.25) is 0 Å². The molecule has 0 aliphatic rings. The van der Waals surface area contributed by atoms with E-state index >= 15 is 0 Å². The highest BCUT2D eigenvalue weighted by Gasteiger charge is 2.23. The molecule has 1 aromatic carbocycles. The van der Waals surface area contributed by atoms with Gasteiger partial charge in [-0.25, -0.2) is 9.18 Å². The van der Waals surface area contributed by atoms with Gasteiger partial charge in [0.05, 0.1) is 6.61 Å². The summed E-state index contributed by atoms with van der Waals surface area (Å²) in [4.78, 5) is 33.3. The molecule has 0 bridgehead atoms. The van der Waals surface area contributed by atoms with Crippen LogP contribution in [0, 0.1) is 5.82 Å². The van der Waals surface area contributed by atoms with Gasteiger partial charge in [0.15, 0.2) is 0 Å². The van der Waals surface area contributed by atoms with E-state index in [1.807, 2.05) is 0 Å². The molecule has 0 radical (unpaired) electrons. The third-order valence-corrected chi connectivity index (χ3v) is 2.74. The Kier molecular flexibility index (Phi) is 5.79. The van der Waals surface area contributed by atoms with Crippen LogP contribution in [-0.2, 0) is 16.2 Å². The topological polar surface area (TPSA) is 124 Å². The third kappa shape index (κ3) is 4.84. The lowest BCUT2D eigenvalue weighted by Crippen LogP contribution is -2.41. The van der Waals surface area contributed by atoms with Crippen molar-refractivity contribution in [1.82, 2.24) is 5.32 Å². The van der Waals surface area contributed by atoms with Gasteiger partial charge in [0.25, 0.3) is 5.91 Å². The molecule has 0 heterocycles. The van der Waals surface area contributed by atoms with Crippen LogP contribution in [0.1, 0.15) is 28.8 Å². The van der Waals surface area contributed by atoms with Crippen LogP contribution in [0.25, 0.3) is 0 Å². The van der Waals surface area contributed by atoms with Gasteiger partial charge in [-0.05, 0) is 24.1 Å². The molecule has 7 nitrogen and oxygen atoms in total. The molecule has 0 aromatic heterocycles. The number of carbonyl (C=O) groups is 3. The first-order chi connectivity index (χ1) is 9.85. The van der Waals surface area contributed by atoms with Crippen molar-refractivity contribution in [3.05, 3.63) is 35.1 Å². The minimum absolute atomic E-state index is 0.135. The maximum atomic E-state index is 13.1. The monoisotopic (exact) mass is 299 g/mol. The number of aliphatic hydroxyl groups is 1. The second kappa shape index (κ2) is 7.34. The number of nitrogens with one attached hydrogen (secondary N) is 1. The predicted molar refractivity (Wildman–Crippen MR) is 68.1 cm³/mol. The lowest BCUT2D eigenvalue weighted by molar-refractivity contribution is -0.140. The molecule has 0 saturated heterocycles. The summed E-state index contributed by atoms with van der Waals surface area (Å²) in [6.07, 6.45) is -0.743. The Morgan fingerprint density at radius 2 is 1.90 bits per heavy atom. The molecule has 0 aliphatic heterocycles. The van der Waals surface area contributed by atoms with Gasteiger partial charge in [-0.1, -0.05) is 6.07 Å². The number of carboxylic acids is 2. The lowest BCUT2D eigenvalue weighted by atomic mass is 10.1. The van der Waals surface area contributed by atoms with Crippen molar-refractivity contribution in [1.29, 1.82) is 0 Å². The molecule has 0 fully saturated rings. The molecule has 1 unspecified atom stereocenters.